The van der Waals surface area contributed by atoms with Gasteiger partial charge in [0.25, 0.3) is 11.6 Å². The Labute approximate surface area is 205 Å². The molecule has 35 heavy (non-hydrogen) atoms. The first kappa shape index (κ1) is 25.2. The molecule has 3 aromatic rings. The first-order valence-corrected chi connectivity index (χ1v) is 10.7. The molecule has 0 saturated carbocycles. The molecule has 178 valence electrons. The fraction of sp³-hybridized carbons (Fsp3) is 0.120. The quantitative estimate of drug-likeness (QED) is 0.172. The van der Waals surface area contributed by atoms with Crippen molar-refractivity contribution in [2.24, 2.45) is 0 Å². The van der Waals surface area contributed by atoms with Crippen LogP contribution in [0.25, 0.3) is 11.6 Å². The minimum absolute atomic E-state index is 0.0855. The number of non-ortho nitro benzene ring substituents is 1. The zero-order chi connectivity index (χ0) is 25.4. The maximum atomic E-state index is 13.0. The number of rotatable bonds is 9. The molecular weight excluding hydrogens is 477 g/mol. The van der Waals surface area contributed by atoms with Crippen molar-refractivity contribution in [2.45, 2.75) is 6.92 Å². The lowest BCUT2D eigenvalue weighted by atomic mass is 10.0. The second-order valence-electron chi connectivity index (χ2n) is 7.08. The zero-order valence-electron chi connectivity index (χ0n) is 18.5. The number of carbonyl (C=O) groups excluding carboxylic acids is 1. The van der Waals surface area contributed by atoms with Crippen molar-refractivity contribution in [1.82, 2.24) is 0 Å². The number of allylic oxidation sites excluding steroid dienone is 1. The summed E-state index contributed by atoms with van der Waals surface area (Å²) in [4.78, 5) is 22.6. The largest absolute Gasteiger partial charge is 0.490 e. The molecule has 0 atom stereocenters. The van der Waals surface area contributed by atoms with E-state index >= 15 is 0 Å². The highest BCUT2D eigenvalue weighted by Crippen LogP contribution is 2.38. The number of carbonyl (C=O) groups is 1. The number of benzene rings is 3. The Balaban J connectivity index is 1.81. The molecule has 3 rings (SSSR count). The lowest BCUT2D eigenvalue weighted by Crippen LogP contribution is -2.20. The molecule has 0 unspecified atom stereocenters. The van der Waals surface area contributed by atoms with Crippen LogP contribution in [0.2, 0.25) is 5.02 Å². The Morgan fingerprint density at radius 3 is 2.46 bits per heavy atom. The molecule has 1 amide bonds. The molecule has 0 bridgehead atoms. The van der Waals surface area contributed by atoms with Crippen molar-refractivity contribution in [3.8, 4) is 17.6 Å². The number of anilines is 1. The van der Waals surface area contributed by atoms with Gasteiger partial charge >= 0.3 is 0 Å². The van der Waals surface area contributed by atoms with E-state index in [1.807, 2.05) is 0 Å². The number of nitrogens with zero attached hydrogens (tertiary/aromatic N) is 2. The molecule has 0 saturated heterocycles. The number of hydrogen-bond acceptors (Lipinski definition) is 6. The van der Waals surface area contributed by atoms with Crippen LogP contribution in [0.3, 0.4) is 0 Å². The third-order valence-electron chi connectivity index (χ3n) is 4.63. The number of nitro benzene ring substituents is 1. The predicted octanol–water partition coefficient (Wildman–Crippen LogP) is 5.87. The van der Waals surface area contributed by atoms with E-state index in [4.69, 9.17) is 21.1 Å². The van der Waals surface area contributed by atoms with E-state index in [2.05, 4.69) is 11.4 Å². The molecule has 3 aromatic carbocycles. The van der Waals surface area contributed by atoms with Crippen molar-refractivity contribution in [1.29, 1.82) is 5.26 Å². The summed E-state index contributed by atoms with van der Waals surface area (Å²) in [6.45, 7) is 1.67. The lowest BCUT2D eigenvalue weighted by molar-refractivity contribution is -0.384. The molecule has 10 heteroatoms. The second-order valence-corrected chi connectivity index (χ2v) is 7.49. The van der Waals surface area contributed by atoms with Crippen molar-refractivity contribution in [3.05, 3.63) is 92.7 Å². The molecule has 0 aliphatic carbocycles. The van der Waals surface area contributed by atoms with Gasteiger partial charge in [-0.2, -0.15) is 5.26 Å². The average molecular weight is 496 g/mol. The molecular formula is C25H19ClFN3O5. The topological polar surface area (TPSA) is 114 Å². The average Bonchev–Trinajstić information content (AvgIpc) is 2.83. The maximum Gasteiger partial charge on any atom is 0.269 e. The van der Waals surface area contributed by atoms with Crippen molar-refractivity contribution in [2.75, 3.05) is 18.5 Å². The normalized spacial score (nSPS) is 10.9. The number of ether oxygens (including phenoxy) is 2. The van der Waals surface area contributed by atoms with Gasteiger partial charge in [0.2, 0.25) is 0 Å². The second kappa shape index (κ2) is 11.6. The van der Waals surface area contributed by atoms with Crippen LogP contribution in [0, 0.1) is 27.3 Å². The summed E-state index contributed by atoms with van der Waals surface area (Å²) >= 11 is 6.39. The van der Waals surface area contributed by atoms with Gasteiger partial charge in [-0.1, -0.05) is 11.6 Å². The van der Waals surface area contributed by atoms with Gasteiger partial charge in [0.15, 0.2) is 18.1 Å². The van der Waals surface area contributed by atoms with E-state index in [0.29, 0.717) is 16.8 Å². The van der Waals surface area contributed by atoms with Crippen LogP contribution in [0.15, 0.2) is 60.7 Å². The smallest absolute Gasteiger partial charge is 0.269 e. The Morgan fingerprint density at radius 2 is 1.86 bits per heavy atom. The predicted molar refractivity (Wildman–Crippen MR) is 130 cm³/mol. The summed E-state index contributed by atoms with van der Waals surface area (Å²) in [6, 6.07) is 16.1. The summed E-state index contributed by atoms with van der Waals surface area (Å²) < 4.78 is 24.2. The van der Waals surface area contributed by atoms with Crippen LogP contribution in [-0.4, -0.2) is 24.0 Å². The Kier molecular flexibility index (Phi) is 8.38. The van der Waals surface area contributed by atoms with E-state index < -0.39 is 16.6 Å². The molecule has 0 spiro atoms. The Hall–Kier alpha value is -4.42. The minimum atomic E-state index is -0.521. The van der Waals surface area contributed by atoms with E-state index in [1.54, 1.807) is 25.1 Å². The summed E-state index contributed by atoms with van der Waals surface area (Å²) in [7, 11) is 0. The number of halogens is 2. The van der Waals surface area contributed by atoms with Crippen molar-refractivity contribution < 1.29 is 23.6 Å². The van der Waals surface area contributed by atoms with Gasteiger partial charge in [-0.05, 0) is 72.7 Å². The van der Waals surface area contributed by atoms with Crippen LogP contribution in [0.4, 0.5) is 15.8 Å². The molecule has 0 aliphatic heterocycles. The minimum Gasteiger partial charge on any atom is -0.490 e. The zero-order valence-corrected chi connectivity index (χ0v) is 19.2. The van der Waals surface area contributed by atoms with Gasteiger partial charge < -0.3 is 14.8 Å². The third-order valence-corrected chi connectivity index (χ3v) is 4.91. The van der Waals surface area contributed by atoms with E-state index in [0.717, 1.165) is 0 Å². The molecule has 1 N–H and O–H groups in total. The van der Waals surface area contributed by atoms with Gasteiger partial charge in [-0.3, -0.25) is 14.9 Å². The maximum absolute atomic E-state index is 13.0. The molecule has 0 aliphatic rings. The molecule has 0 radical (unpaired) electrons. The van der Waals surface area contributed by atoms with Crippen LogP contribution < -0.4 is 14.8 Å². The van der Waals surface area contributed by atoms with Crippen LogP contribution >= 0.6 is 11.6 Å². The Bertz CT molecular complexity index is 1300. The molecule has 0 aromatic heterocycles. The number of amides is 1. The summed E-state index contributed by atoms with van der Waals surface area (Å²) in [5.41, 5.74) is 1.59. The lowest BCUT2D eigenvalue weighted by Gasteiger charge is -2.14. The highest BCUT2D eigenvalue weighted by molar-refractivity contribution is 6.32. The van der Waals surface area contributed by atoms with Crippen LogP contribution in [0.1, 0.15) is 18.1 Å². The first-order valence-electron chi connectivity index (χ1n) is 10.3. The van der Waals surface area contributed by atoms with E-state index in [1.165, 1.54) is 48.5 Å². The van der Waals surface area contributed by atoms with E-state index in [9.17, 15) is 24.6 Å². The molecule has 0 fully saturated rings. The fourth-order valence-corrected chi connectivity index (χ4v) is 3.33. The Morgan fingerprint density at radius 1 is 1.17 bits per heavy atom. The number of nitriles is 1. The third kappa shape index (κ3) is 6.79. The molecule has 8 nitrogen and oxygen atoms in total. The standard InChI is InChI=1S/C25H19ClFN3O5/c1-2-34-23-13-16(11-18(14-28)17-3-9-21(10-4-17)30(32)33)12-22(26)25(23)35-15-24(31)29-20-7-5-19(27)6-8-20/h3-13H,2,15H2,1H3,(H,29,31)/b18-11-. The fourth-order valence-electron chi connectivity index (χ4n) is 3.05. The van der Waals surface area contributed by atoms with Crippen molar-refractivity contribution in [3.63, 3.8) is 0 Å². The highest BCUT2D eigenvalue weighted by atomic mass is 35.5. The number of nitrogens with one attached hydrogen (secondary N) is 1. The SMILES string of the molecule is CCOc1cc(/C=C(/C#N)c2ccc([N+](=O)[O-])cc2)cc(Cl)c1OCC(=O)Nc1ccc(F)cc1. The summed E-state index contributed by atoms with van der Waals surface area (Å²) in [5, 5.41) is 23.2. The van der Waals surface area contributed by atoms with Crippen LogP contribution in [0.5, 0.6) is 11.5 Å². The summed E-state index contributed by atoms with van der Waals surface area (Å²) in [5.74, 6) is -0.491. The monoisotopic (exact) mass is 495 g/mol. The summed E-state index contributed by atoms with van der Waals surface area (Å²) in [6.07, 6.45) is 1.56. The van der Waals surface area contributed by atoms with E-state index in [-0.39, 0.29) is 41.0 Å². The van der Waals surface area contributed by atoms with Gasteiger partial charge in [0, 0.05) is 17.8 Å². The number of nitro groups is 1. The van der Waals surface area contributed by atoms with Gasteiger partial charge in [-0.25, -0.2) is 4.39 Å². The highest BCUT2D eigenvalue weighted by Gasteiger charge is 2.15. The van der Waals surface area contributed by atoms with Gasteiger partial charge in [0.1, 0.15) is 5.82 Å². The first-order chi connectivity index (χ1) is 16.8. The van der Waals surface area contributed by atoms with Gasteiger partial charge in [-0.15, -0.1) is 0 Å². The number of hydrogen-bond donors (Lipinski definition) is 1. The van der Waals surface area contributed by atoms with Crippen molar-refractivity contribution >= 4 is 40.5 Å². The van der Waals surface area contributed by atoms with Gasteiger partial charge in [0.05, 0.1) is 28.2 Å². The molecule has 0 heterocycles. The van der Waals surface area contributed by atoms with Crippen LogP contribution in [-0.2, 0) is 4.79 Å².